The summed E-state index contributed by atoms with van der Waals surface area (Å²) < 4.78 is 5.84. The minimum Gasteiger partial charge on any atom is -0.490 e. The van der Waals surface area contributed by atoms with Crippen LogP contribution in [0.4, 0.5) is 5.82 Å². The van der Waals surface area contributed by atoms with E-state index in [1.165, 1.54) is 12.8 Å². The maximum atomic E-state index is 5.84. The first-order chi connectivity index (χ1) is 9.78. The molecule has 0 radical (unpaired) electrons. The van der Waals surface area contributed by atoms with E-state index in [1.54, 1.807) is 0 Å². The van der Waals surface area contributed by atoms with Gasteiger partial charge < -0.3 is 10.1 Å². The fourth-order valence-electron chi connectivity index (χ4n) is 2.04. The molecule has 1 aromatic carbocycles. The molecule has 1 aliphatic carbocycles. The highest BCUT2D eigenvalue weighted by atomic mass is 16.5. The number of ether oxygens (including phenoxy) is 1. The van der Waals surface area contributed by atoms with Crippen LogP contribution in [0.3, 0.4) is 0 Å². The van der Waals surface area contributed by atoms with Crippen molar-refractivity contribution in [3.05, 3.63) is 36.2 Å². The van der Waals surface area contributed by atoms with E-state index in [-0.39, 0.29) is 0 Å². The molecule has 4 nitrogen and oxygen atoms in total. The van der Waals surface area contributed by atoms with E-state index in [0.717, 1.165) is 35.1 Å². The molecule has 4 heteroatoms. The molecule has 0 amide bonds. The van der Waals surface area contributed by atoms with E-state index in [4.69, 9.17) is 4.74 Å². The van der Waals surface area contributed by atoms with Crippen LogP contribution in [0, 0.1) is 0 Å². The average molecular weight is 269 g/mol. The van der Waals surface area contributed by atoms with E-state index in [9.17, 15) is 0 Å². The van der Waals surface area contributed by atoms with Gasteiger partial charge in [-0.05, 0) is 25.0 Å². The molecular weight excluding hydrogens is 250 g/mol. The smallest absolute Gasteiger partial charge is 0.131 e. The van der Waals surface area contributed by atoms with Crippen LogP contribution in [0.25, 0.3) is 11.3 Å². The normalized spacial score (nSPS) is 14.1. The molecule has 3 rings (SSSR count). The van der Waals surface area contributed by atoms with Crippen LogP contribution in [-0.2, 0) is 6.42 Å². The highest BCUT2D eigenvalue weighted by molar-refractivity contribution is 5.64. The van der Waals surface area contributed by atoms with Gasteiger partial charge in [0.1, 0.15) is 17.4 Å². The summed E-state index contributed by atoms with van der Waals surface area (Å²) in [6.45, 7) is 2.06. The highest BCUT2D eigenvalue weighted by Crippen LogP contribution is 2.29. The molecule has 0 bridgehead atoms. The summed E-state index contributed by atoms with van der Waals surface area (Å²) in [5.74, 6) is 2.62. The summed E-state index contributed by atoms with van der Waals surface area (Å²) in [4.78, 5) is 9.02. The van der Waals surface area contributed by atoms with Crippen LogP contribution < -0.4 is 10.1 Å². The van der Waals surface area contributed by atoms with Gasteiger partial charge in [-0.15, -0.1) is 0 Å². The fraction of sp³-hybridized carbons (Fsp3) is 0.375. The van der Waals surface area contributed by atoms with Crippen molar-refractivity contribution in [3.8, 4) is 17.0 Å². The van der Waals surface area contributed by atoms with Gasteiger partial charge in [0, 0.05) is 25.1 Å². The Bertz CT molecular complexity index is 586. The van der Waals surface area contributed by atoms with E-state index < -0.39 is 0 Å². The van der Waals surface area contributed by atoms with Crippen LogP contribution in [0.1, 0.15) is 25.6 Å². The van der Waals surface area contributed by atoms with Gasteiger partial charge in [-0.1, -0.05) is 19.1 Å². The van der Waals surface area contributed by atoms with Gasteiger partial charge in [-0.2, -0.15) is 0 Å². The molecule has 0 unspecified atom stereocenters. The topological polar surface area (TPSA) is 47.0 Å². The number of anilines is 1. The zero-order valence-electron chi connectivity index (χ0n) is 11.9. The molecule has 1 fully saturated rings. The van der Waals surface area contributed by atoms with Gasteiger partial charge in [0.15, 0.2) is 0 Å². The Kier molecular flexibility index (Phi) is 3.54. The maximum absolute atomic E-state index is 5.84. The third-order valence-electron chi connectivity index (χ3n) is 3.30. The number of hydrogen-bond donors (Lipinski definition) is 1. The minimum absolute atomic E-state index is 0.412. The Labute approximate surface area is 119 Å². The molecule has 2 aromatic rings. The number of aryl methyl sites for hydroxylation is 1. The molecule has 1 N–H and O–H groups in total. The Morgan fingerprint density at radius 2 is 2.10 bits per heavy atom. The summed E-state index contributed by atoms with van der Waals surface area (Å²) in [6, 6.07) is 10.1. The summed E-state index contributed by atoms with van der Waals surface area (Å²) >= 11 is 0. The van der Waals surface area contributed by atoms with Crippen molar-refractivity contribution in [2.75, 3.05) is 12.4 Å². The molecule has 0 atom stereocenters. The summed E-state index contributed by atoms with van der Waals surface area (Å²) in [5, 5.41) is 3.09. The monoisotopic (exact) mass is 269 g/mol. The first-order valence-corrected chi connectivity index (χ1v) is 7.11. The number of rotatable bonds is 5. The number of benzene rings is 1. The minimum atomic E-state index is 0.412. The Morgan fingerprint density at radius 1 is 1.25 bits per heavy atom. The van der Waals surface area contributed by atoms with Crippen LogP contribution in [-0.4, -0.2) is 23.1 Å². The number of nitrogens with zero attached hydrogens (tertiary/aromatic N) is 2. The van der Waals surface area contributed by atoms with Crippen molar-refractivity contribution in [1.29, 1.82) is 0 Å². The van der Waals surface area contributed by atoms with Gasteiger partial charge >= 0.3 is 0 Å². The first-order valence-electron chi connectivity index (χ1n) is 7.11. The first kappa shape index (κ1) is 12.9. The van der Waals surface area contributed by atoms with Gasteiger partial charge in [0.05, 0.1) is 11.8 Å². The van der Waals surface area contributed by atoms with Crippen molar-refractivity contribution in [3.63, 3.8) is 0 Å². The van der Waals surface area contributed by atoms with Gasteiger partial charge in [0.2, 0.25) is 0 Å². The van der Waals surface area contributed by atoms with Crippen LogP contribution >= 0.6 is 0 Å². The van der Waals surface area contributed by atoms with Crippen molar-refractivity contribution < 1.29 is 4.74 Å². The lowest BCUT2D eigenvalue weighted by atomic mass is 10.1. The third-order valence-corrected chi connectivity index (χ3v) is 3.30. The second-order valence-electron chi connectivity index (χ2n) is 5.00. The highest BCUT2D eigenvalue weighted by Gasteiger charge is 2.23. The quantitative estimate of drug-likeness (QED) is 0.904. The SMILES string of the molecule is CCc1nc(NC)cc(-c2cccc(OC3CC3)c2)n1. The lowest BCUT2D eigenvalue weighted by Crippen LogP contribution is -2.01. The molecule has 1 aliphatic rings. The van der Waals surface area contributed by atoms with Crippen molar-refractivity contribution in [1.82, 2.24) is 9.97 Å². The second-order valence-corrected chi connectivity index (χ2v) is 5.00. The fourth-order valence-corrected chi connectivity index (χ4v) is 2.04. The standard InChI is InChI=1S/C16H19N3O/c1-3-15-18-14(10-16(17-2)19-15)11-5-4-6-13(9-11)20-12-7-8-12/h4-6,9-10,12H,3,7-8H2,1-2H3,(H,17,18,19). The largest absolute Gasteiger partial charge is 0.490 e. The second kappa shape index (κ2) is 5.49. The molecule has 0 saturated heterocycles. The van der Waals surface area contributed by atoms with Crippen molar-refractivity contribution >= 4 is 5.82 Å². The van der Waals surface area contributed by atoms with E-state index in [2.05, 4.69) is 34.3 Å². The Morgan fingerprint density at radius 3 is 2.80 bits per heavy atom. The molecular formula is C16H19N3O. The summed E-state index contributed by atoms with van der Waals surface area (Å²) in [6.07, 6.45) is 3.57. The molecule has 0 spiro atoms. The molecule has 20 heavy (non-hydrogen) atoms. The van der Waals surface area contributed by atoms with Crippen molar-refractivity contribution in [2.45, 2.75) is 32.3 Å². The molecule has 104 valence electrons. The maximum Gasteiger partial charge on any atom is 0.131 e. The number of hydrogen-bond acceptors (Lipinski definition) is 4. The zero-order valence-corrected chi connectivity index (χ0v) is 11.9. The summed E-state index contributed by atoms with van der Waals surface area (Å²) in [7, 11) is 1.87. The van der Waals surface area contributed by atoms with Gasteiger partial charge in [-0.3, -0.25) is 0 Å². The Balaban J connectivity index is 1.94. The predicted octanol–water partition coefficient (Wildman–Crippen LogP) is 3.29. The van der Waals surface area contributed by atoms with E-state index in [1.807, 2.05) is 25.2 Å². The van der Waals surface area contributed by atoms with E-state index >= 15 is 0 Å². The zero-order chi connectivity index (χ0) is 13.9. The number of nitrogens with one attached hydrogen (secondary N) is 1. The predicted molar refractivity (Wildman–Crippen MR) is 80.0 cm³/mol. The lowest BCUT2D eigenvalue weighted by Gasteiger charge is -2.09. The summed E-state index contributed by atoms with van der Waals surface area (Å²) in [5.41, 5.74) is 2.00. The third kappa shape index (κ3) is 2.90. The number of aromatic nitrogens is 2. The van der Waals surface area contributed by atoms with Crippen LogP contribution in [0.2, 0.25) is 0 Å². The lowest BCUT2D eigenvalue weighted by molar-refractivity contribution is 0.303. The van der Waals surface area contributed by atoms with Crippen LogP contribution in [0.15, 0.2) is 30.3 Å². The van der Waals surface area contributed by atoms with Gasteiger partial charge in [0.25, 0.3) is 0 Å². The average Bonchev–Trinajstić information content (AvgIpc) is 3.31. The molecule has 1 aromatic heterocycles. The molecule has 0 aliphatic heterocycles. The van der Waals surface area contributed by atoms with Crippen molar-refractivity contribution in [2.24, 2.45) is 0 Å². The Hall–Kier alpha value is -2.10. The molecule has 1 saturated carbocycles. The van der Waals surface area contributed by atoms with Crippen LogP contribution in [0.5, 0.6) is 5.75 Å². The van der Waals surface area contributed by atoms with Gasteiger partial charge in [-0.25, -0.2) is 9.97 Å². The van der Waals surface area contributed by atoms with E-state index in [0.29, 0.717) is 6.10 Å². The molecule has 1 heterocycles.